The highest BCUT2D eigenvalue weighted by atomic mass is 127. The minimum absolute atomic E-state index is 0. The number of methoxy groups -OCH3 is 1. The van der Waals surface area contributed by atoms with Gasteiger partial charge in [-0.15, -0.1) is 24.0 Å². The zero-order valence-corrected chi connectivity index (χ0v) is 20.4. The summed E-state index contributed by atoms with van der Waals surface area (Å²) in [5, 5.41) is 11.8. The first kappa shape index (κ1) is 24.6. The number of halogens is 2. The number of hydrogen-bond donors (Lipinski definition) is 2. The minimum atomic E-state index is 0. The van der Waals surface area contributed by atoms with Gasteiger partial charge in [-0.05, 0) is 56.9 Å². The third-order valence-electron chi connectivity index (χ3n) is 4.58. The molecule has 0 fully saturated rings. The normalized spacial score (nSPS) is 11.1. The Morgan fingerprint density at radius 1 is 1.25 bits per heavy atom. The van der Waals surface area contributed by atoms with E-state index in [2.05, 4.69) is 34.6 Å². The summed E-state index contributed by atoms with van der Waals surface area (Å²) in [6, 6.07) is 5.77. The van der Waals surface area contributed by atoms with Crippen LogP contribution in [0.4, 0.5) is 0 Å². The van der Waals surface area contributed by atoms with Gasteiger partial charge in [0.15, 0.2) is 5.96 Å². The molecule has 1 aromatic heterocycles. The lowest BCUT2D eigenvalue weighted by Gasteiger charge is -2.12. The molecule has 1 heterocycles. The van der Waals surface area contributed by atoms with Gasteiger partial charge in [-0.25, -0.2) is 0 Å². The maximum atomic E-state index is 6.31. The van der Waals surface area contributed by atoms with E-state index < -0.39 is 0 Å². The zero-order chi connectivity index (χ0) is 19.8. The van der Waals surface area contributed by atoms with Gasteiger partial charge in [0.2, 0.25) is 0 Å². The van der Waals surface area contributed by atoms with E-state index in [0.717, 1.165) is 53.9 Å². The SMILES string of the molecule is CCNC(=NCCc1c(C)nn(C)c1C)NCCc1ccc(OC)cc1Cl.I. The molecule has 0 aliphatic heterocycles. The van der Waals surface area contributed by atoms with Gasteiger partial charge >= 0.3 is 0 Å². The van der Waals surface area contributed by atoms with Crippen molar-refractivity contribution in [2.24, 2.45) is 12.0 Å². The Balaban J connectivity index is 0.00000392. The van der Waals surface area contributed by atoms with Gasteiger partial charge in [0.05, 0.1) is 12.8 Å². The standard InChI is InChI=1S/C20H30ClN5O.HI/c1-6-22-20(24-12-10-18-14(2)25-26(4)15(18)3)23-11-9-16-7-8-17(27-5)13-19(16)21;/h7-8,13H,6,9-12H2,1-5H3,(H2,22,23,24);1H. The summed E-state index contributed by atoms with van der Waals surface area (Å²) in [6.07, 6.45) is 1.69. The Morgan fingerprint density at radius 3 is 2.57 bits per heavy atom. The van der Waals surface area contributed by atoms with Crippen molar-refractivity contribution in [3.63, 3.8) is 0 Å². The van der Waals surface area contributed by atoms with Gasteiger partial charge < -0.3 is 15.4 Å². The van der Waals surface area contributed by atoms with Crippen LogP contribution in [0, 0.1) is 13.8 Å². The molecule has 0 atom stereocenters. The van der Waals surface area contributed by atoms with Crippen molar-refractivity contribution in [3.8, 4) is 5.75 Å². The number of nitrogens with one attached hydrogen (secondary N) is 2. The molecule has 156 valence electrons. The summed E-state index contributed by atoms with van der Waals surface area (Å²) in [7, 11) is 3.62. The second-order valence-electron chi connectivity index (χ2n) is 6.42. The minimum Gasteiger partial charge on any atom is -0.497 e. The summed E-state index contributed by atoms with van der Waals surface area (Å²) in [5.74, 6) is 1.59. The summed E-state index contributed by atoms with van der Waals surface area (Å²) < 4.78 is 7.12. The average Bonchev–Trinajstić information content (AvgIpc) is 2.88. The van der Waals surface area contributed by atoms with Crippen LogP contribution in [-0.2, 0) is 19.9 Å². The highest BCUT2D eigenvalue weighted by molar-refractivity contribution is 14.0. The highest BCUT2D eigenvalue weighted by Crippen LogP contribution is 2.22. The fourth-order valence-electron chi connectivity index (χ4n) is 2.97. The van der Waals surface area contributed by atoms with Gasteiger partial charge in [0.1, 0.15) is 5.75 Å². The number of aliphatic imine (C=N–C) groups is 1. The fraction of sp³-hybridized carbons (Fsp3) is 0.500. The van der Waals surface area contributed by atoms with Crippen LogP contribution in [0.2, 0.25) is 5.02 Å². The number of benzene rings is 1. The predicted molar refractivity (Wildman–Crippen MR) is 127 cm³/mol. The van der Waals surface area contributed by atoms with Crippen LogP contribution in [0.25, 0.3) is 0 Å². The van der Waals surface area contributed by atoms with Gasteiger partial charge in [-0.1, -0.05) is 17.7 Å². The summed E-state index contributed by atoms with van der Waals surface area (Å²) >= 11 is 6.31. The van der Waals surface area contributed by atoms with Crippen LogP contribution < -0.4 is 15.4 Å². The molecule has 0 bridgehead atoms. The maximum Gasteiger partial charge on any atom is 0.191 e. The smallest absolute Gasteiger partial charge is 0.191 e. The number of rotatable bonds is 8. The van der Waals surface area contributed by atoms with Crippen LogP contribution >= 0.6 is 35.6 Å². The second kappa shape index (κ2) is 12.2. The molecule has 2 N–H and O–H groups in total. The second-order valence-corrected chi connectivity index (χ2v) is 6.82. The van der Waals surface area contributed by atoms with E-state index in [-0.39, 0.29) is 24.0 Å². The number of guanidine groups is 1. The van der Waals surface area contributed by atoms with Crippen molar-refractivity contribution in [1.82, 2.24) is 20.4 Å². The van der Waals surface area contributed by atoms with Crippen LogP contribution in [0.5, 0.6) is 5.75 Å². The van der Waals surface area contributed by atoms with Crippen molar-refractivity contribution >= 4 is 41.5 Å². The van der Waals surface area contributed by atoms with Gasteiger partial charge in [-0.2, -0.15) is 5.10 Å². The first-order valence-electron chi connectivity index (χ1n) is 9.29. The van der Waals surface area contributed by atoms with Crippen LogP contribution in [-0.4, -0.2) is 42.5 Å². The number of aromatic nitrogens is 2. The van der Waals surface area contributed by atoms with E-state index in [1.165, 1.54) is 11.3 Å². The highest BCUT2D eigenvalue weighted by Gasteiger charge is 2.09. The molecule has 0 aliphatic rings. The molecule has 0 saturated heterocycles. The molecular formula is C20H31ClIN5O. The Morgan fingerprint density at radius 2 is 2.00 bits per heavy atom. The monoisotopic (exact) mass is 519 g/mol. The summed E-state index contributed by atoms with van der Waals surface area (Å²) in [4.78, 5) is 4.69. The lowest BCUT2D eigenvalue weighted by Crippen LogP contribution is -2.38. The molecule has 0 saturated carbocycles. The van der Waals surface area contributed by atoms with Gasteiger partial charge in [0, 0.05) is 37.4 Å². The molecular weight excluding hydrogens is 489 g/mol. The largest absolute Gasteiger partial charge is 0.497 e. The number of nitrogens with zero attached hydrogens (tertiary/aromatic N) is 3. The molecule has 28 heavy (non-hydrogen) atoms. The zero-order valence-electron chi connectivity index (χ0n) is 17.3. The van der Waals surface area contributed by atoms with E-state index in [1.54, 1.807) is 7.11 Å². The van der Waals surface area contributed by atoms with Crippen LogP contribution in [0.15, 0.2) is 23.2 Å². The van der Waals surface area contributed by atoms with Gasteiger partial charge in [-0.3, -0.25) is 9.67 Å². The summed E-state index contributed by atoms with van der Waals surface area (Å²) in [6.45, 7) is 8.50. The fourth-order valence-corrected chi connectivity index (χ4v) is 3.24. The lowest BCUT2D eigenvalue weighted by atomic mass is 10.1. The van der Waals surface area contributed by atoms with E-state index in [4.69, 9.17) is 16.3 Å². The molecule has 0 radical (unpaired) electrons. The van der Waals surface area contributed by atoms with Crippen LogP contribution in [0.3, 0.4) is 0 Å². The van der Waals surface area contributed by atoms with Crippen molar-refractivity contribution < 1.29 is 4.74 Å². The third-order valence-corrected chi connectivity index (χ3v) is 4.93. The molecule has 0 spiro atoms. The number of hydrogen-bond acceptors (Lipinski definition) is 3. The number of ether oxygens (including phenoxy) is 1. The molecule has 0 unspecified atom stereocenters. The predicted octanol–water partition coefficient (Wildman–Crippen LogP) is 3.66. The van der Waals surface area contributed by atoms with Crippen molar-refractivity contribution in [3.05, 3.63) is 45.7 Å². The Hall–Kier alpha value is -1.48. The Bertz CT molecular complexity index is 791. The molecule has 8 heteroatoms. The molecule has 0 aliphatic carbocycles. The van der Waals surface area contributed by atoms with E-state index in [9.17, 15) is 0 Å². The van der Waals surface area contributed by atoms with E-state index in [1.807, 2.05) is 36.9 Å². The first-order valence-corrected chi connectivity index (χ1v) is 9.67. The lowest BCUT2D eigenvalue weighted by molar-refractivity contribution is 0.414. The average molecular weight is 520 g/mol. The van der Waals surface area contributed by atoms with Gasteiger partial charge in [0.25, 0.3) is 0 Å². The maximum absolute atomic E-state index is 6.31. The molecule has 0 amide bonds. The first-order chi connectivity index (χ1) is 13.0. The third kappa shape index (κ3) is 6.84. The molecule has 2 rings (SSSR count). The summed E-state index contributed by atoms with van der Waals surface area (Å²) in [5.41, 5.74) is 4.65. The molecule has 6 nitrogen and oxygen atoms in total. The van der Waals surface area contributed by atoms with Crippen molar-refractivity contribution in [1.29, 1.82) is 0 Å². The number of aryl methyl sites for hydroxylation is 2. The topological polar surface area (TPSA) is 63.5 Å². The molecule has 1 aromatic carbocycles. The van der Waals surface area contributed by atoms with E-state index >= 15 is 0 Å². The van der Waals surface area contributed by atoms with Crippen molar-refractivity contribution in [2.45, 2.75) is 33.6 Å². The van der Waals surface area contributed by atoms with E-state index in [0.29, 0.717) is 6.54 Å². The Kier molecular flexibility index (Phi) is 10.7. The van der Waals surface area contributed by atoms with Crippen molar-refractivity contribution in [2.75, 3.05) is 26.7 Å². The van der Waals surface area contributed by atoms with Crippen LogP contribution in [0.1, 0.15) is 29.4 Å². The molecule has 2 aromatic rings. The Labute approximate surface area is 190 Å². The quantitative estimate of drug-likeness (QED) is 0.317.